The molecule has 1 aliphatic heterocycles. The Morgan fingerprint density at radius 2 is 1.87 bits per heavy atom. The van der Waals surface area contributed by atoms with Gasteiger partial charge in [0, 0.05) is 0 Å². The molecule has 1 aliphatic rings. The molecule has 116 valence electrons. The number of halogens is 2. The molecule has 3 rings (SSSR count). The summed E-state index contributed by atoms with van der Waals surface area (Å²) in [6, 6.07) is 11.9. The fraction of sp³-hybridized carbons (Fsp3) is 0. The summed E-state index contributed by atoms with van der Waals surface area (Å²) in [7, 11) is 0. The molecule has 1 saturated heterocycles. The molecule has 4 nitrogen and oxygen atoms in total. The lowest BCUT2D eigenvalue weighted by Crippen LogP contribution is -2.27. The van der Waals surface area contributed by atoms with Gasteiger partial charge >= 0.3 is 0 Å². The van der Waals surface area contributed by atoms with Gasteiger partial charge in [-0.1, -0.05) is 29.8 Å². The number of aromatic hydroxyl groups is 1. The van der Waals surface area contributed by atoms with Crippen molar-refractivity contribution in [1.82, 2.24) is 0 Å². The van der Waals surface area contributed by atoms with Crippen LogP contribution in [0.1, 0.15) is 5.56 Å². The van der Waals surface area contributed by atoms with Crippen LogP contribution < -0.4 is 4.90 Å². The highest BCUT2D eigenvalue weighted by atomic mass is 79.9. The second kappa shape index (κ2) is 6.39. The quantitative estimate of drug-likeness (QED) is 0.704. The number of benzene rings is 2. The maximum absolute atomic E-state index is 12.5. The number of hydrogen-bond acceptors (Lipinski definition) is 4. The number of rotatable bonds is 2. The second-order valence-corrected chi connectivity index (χ2v) is 6.94. The molecule has 0 saturated carbocycles. The van der Waals surface area contributed by atoms with Crippen LogP contribution in [-0.4, -0.2) is 16.3 Å². The van der Waals surface area contributed by atoms with Crippen molar-refractivity contribution in [2.24, 2.45) is 0 Å². The first kappa shape index (κ1) is 16.1. The summed E-state index contributed by atoms with van der Waals surface area (Å²) in [6.45, 7) is 0. The van der Waals surface area contributed by atoms with Crippen LogP contribution in [0, 0.1) is 0 Å². The number of imide groups is 1. The standard InChI is InChI=1S/C16H9BrClNO3S/c17-11-6-9(7-12(18)14(11)20)8-13-15(21)19(16(22)23-13)10-4-2-1-3-5-10/h1-8,20H/b13-8-. The van der Waals surface area contributed by atoms with E-state index in [0.29, 0.717) is 20.6 Å². The summed E-state index contributed by atoms with van der Waals surface area (Å²) in [5, 5.41) is 9.45. The third-order valence-corrected chi connectivity index (χ3v) is 4.91. The van der Waals surface area contributed by atoms with Crippen LogP contribution in [0.3, 0.4) is 0 Å². The Kier molecular flexibility index (Phi) is 4.48. The molecule has 0 radical (unpaired) electrons. The highest BCUT2D eigenvalue weighted by molar-refractivity contribution is 9.10. The third-order valence-electron chi connectivity index (χ3n) is 3.15. The zero-order chi connectivity index (χ0) is 16.6. The van der Waals surface area contributed by atoms with Gasteiger partial charge in [-0.25, -0.2) is 4.90 Å². The van der Waals surface area contributed by atoms with E-state index in [1.54, 1.807) is 36.4 Å². The number of carbonyl (C=O) groups excluding carboxylic acids is 2. The topological polar surface area (TPSA) is 57.6 Å². The maximum Gasteiger partial charge on any atom is 0.298 e. The van der Waals surface area contributed by atoms with Crippen LogP contribution in [0.2, 0.25) is 5.02 Å². The first-order valence-electron chi connectivity index (χ1n) is 6.48. The molecular weight excluding hydrogens is 402 g/mol. The van der Waals surface area contributed by atoms with Crippen molar-refractivity contribution in [1.29, 1.82) is 0 Å². The Morgan fingerprint density at radius 1 is 1.17 bits per heavy atom. The van der Waals surface area contributed by atoms with Gasteiger partial charge in [0.1, 0.15) is 5.75 Å². The van der Waals surface area contributed by atoms with E-state index in [1.807, 2.05) is 6.07 Å². The maximum atomic E-state index is 12.5. The van der Waals surface area contributed by atoms with Crippen LogP contribution in [0.4, 0.5) is 10.5 Å². The molecule has 2 amide bonds. The first-order chi connectivity index (χ1) is 11.0. The van der Waals surface area contributed by atoms with Gasteiger partial charge in [0.25, 0.3) is 11.1 Å². The number of anilines is 1. The SMILES string of the molecule is O=C1S/C(=C\c2cc(Cl)c(O)c(Br)c2)C(=O)N1c1ccccc1. The van der Waals surface area contributed by atoms with E-state index in [4.69, 9.17) is 11.6 Å². The number of phenols is 1. The molecule has 0 spiro atoms. The van der Waals surface area contributed by atoms with E-state index in [-0.39, 0.29) is 21.9 Å². The molecule has 0 bridgehead atoms. The van der Waals surface area contributed by atoms with Crippen molar-refractivity contribution < 1.29 is 14.7 Å². The summed E-state index contributed by atoms with van der Waals surface area (Å²) in [4.78, 5) is 26.0. The van der Waals surface area contributed by atoms with Crippen molar-refractivity contribution in [2.45, 2.75) is 0 Å². The van der Waals surface area contributed by atoms with Crippen molar-refractivity contribution in [3.8, 4) is 5.75 Å². The van der Waals surface area contributed by atoms with Gasteiger partial charge in [-0.2, -0.15) is 0 Å². The molecule has 0 aliphatic carbocycles. The van der Waals surface area contributed by atoms with Crippen molar-refractivity contribution >= 4 is 62.2 Å². The van der Waals surface area contributed by atoms with E-state index < -0.39 is 0 Å². The van der Waals surface area contributed by atoms with Gasteiger partial charge in [-0.05, 0) is 63.6 Å². The minimum atomic E-state index is -0.383. The highest BCUT2D eigenvalue weighted by Gasteiger charge is 2.36. The number of hydrogen-bond donors (Lipinski definition) is 1. The van der Waals surface area contributed by atoms with E-state index in [9.17, 15) is 14.7 Å². The Balaban J connectivity index is 1.96. The van der Waals surface area contributed by atoms with E-state index in [2.05, 4.69) is 15.9 Å². The molecule has 1 fully saturated rings. The predicted octanol–water partition coefficient (Wildman–Crippen LogP) is 5.05. The Labute approximate surface area is 149 Å². The largest absolute Gasteiger partial charge is 0.505 e. The minimum absolute atomic E-state index is 0.0683. The van der Waals surface area contributed by atoms with Crippen LogP contribution in [-0.2, 0) is 4.79 Å². The molecule has 2 aromatic rings. The van der Waals surface area contributed by atoms with Gasteiger partial charge in [-0.3, -0.25) is 9.59 Å². The van der Waals surface area contributed by atoms with E-state index in [0.717, 1.165) is 16.7 Å². The molecule has 1 heterocycles. The normalized spacial score (nSPS) is 16.4. The van der Waals surface area contributed by atoms with E-state index in [1.165, 1.54) is 6.07 Å². The minimum Gasteiger partial charge on any atom is -0.505 e. The lowest BCUT2D eigenvalue weighted by Gasteiger charge is -2.11. The second-order valence-electron chi connectivity index (χ2n) is 4.69. The van der Waals surface area contributed by atoms with Gasteiger partial charge in [-0.15, -0.1) is 0 Å². The van der Waals surface area contributed by atoms with Gasteiger partial charge in [0.2, 0.25) is 0 Å². The molecule has 1 N–H and O–H groups in total. The fourth-order valence-corrected chi connectivity index (χ4v) is 3.75. The average molecular weight is 411 g/mol. The molecule has 0 unspecified atom stereocenters. The van der Waals surface area contributed by atoms with E-state index >= 15 is 0 Å². The van der Waals surface area contributed by atoms with Crippen LogP contribution in [0.15, 0.2) is 51.8 Å². The van der Waals surface area contributed by atoms with Crippen LogP contribution in [0.25, 0.3) is 6.08 Å². The highest BCUT2D eigenvalue weighted by Crippen LogP contribution is 2.38. The Morgan fingerprint density at radius 3 is 2.52 bits per heavy atom. The van der Waals surface area contributed by atoms with Gasteiger partial charge in [0.15, 0.2) is 0 Å². The Bertz CT molecular complexity index is 815. The summed E-state index contributed by atoms with van der Waals surface area (Å²) < 4.78 is 0.415. The third kappa shape index (κ3) is 3.15. The van der Waals surface area contributed by atoms with Crippen molar-refractivity contribution in [3.63, 3.8) is 0 Å². The zero-order valence-corrected chi connectivity index (χ0v) is 14.7. The Hall–Kier alpha value is -1.76. The summed E-state index contributed by atoms with van der Waals surface area (Å²) in [5.41, 5.74) is 1.14. The predicted molar refractivity (Wildman–Crippen MR) is 95.7 cm³/mol. The fourth-order valence-electron chi connectivity index (χ4n) is 2.09. The van der Waals surface area contributed by atoms with Gasteiger partial charge in [0.05, 0.1) is 20.1 Å². The number of carbonyl (C=O) groups is 2. The van der Waals surface area contributed by atoms with Crippen LogP contribution >= 0.6 is 39.3 Å². The van der Waals surface area contributed by atoms with Crippen molar-refractivity contribution in [2.75, 3.05) is 4.90 Å². The summed E-state index contributed by atoms with van der Waals surface area (Å²) in [6.07, 6.45) is 1.57. The average Bonchev–Trinajstić information content (AvgIpc) is 2.80. The molecular formula is C16H9BrClNO3S. The zero-order valence-electron chi connectivity index (χ0n) is 11.5. The lowest BCUT2D eigenvalue weighted by molar-refractivity contribution is -0.113. The summed E-state index contributed by atoms with van der Waals surface area (Å²) in [5.74, 6) is -0.451. The number of phenolic OH excluding ortho intramolecular Hbond substituents is 1. The molecule has 2 aromatic carbocycles. The van der Waals surface area contributed by atoms with Crippen LogP contribution in [0.5, 0.6) is 5.75 Å². The first-order valence-corrected chi connectivity index (χ1v) is 8.47. The number of nitrogens with zero attached hydrogens (tertiary/aromatic N) is 1. The molecule has 0 aromatic heterocycles. The van der Waals surface area contributed by atoms with Gasteiger partial charge < -0.3 is 5.11 Å². The lowest BCUT2D eigenvalue weighted by atomic mass is 10.2. The summed E-state index contributed by atoms with van der Waals surface area (Å²) >= 11 is 9.97. The van der Waals surface area contributed by atoms with Crippen molar-refractivity contribution in [3.05, 3.63) is 62.4 Å². The monoisotopic (exact) mass is 409 g/mol. The number of amides is 2. The number of para-hydroxylation sites is 1. The smallest absolute Gasteiger partial charge is 0.298 e. The molecule has 0 atom stereocenters. The molecule has 23 heavy (non-hydrogen) atoms. The molecule has 7 heteroatoms. The number of thioether (sulfide) groups is 1.